The van der Waals surface area contributed by atoms with Crippen molar-refractivity contribution in [2.75, 3.05) is 0 Å². The molecule has 32 heavy (non-hydrogen) atoms. The Morgan fingerprint density at radius 1 is 0.719 bits per heavy atom. The number of benzene rings is 1. The normalized spacial score (nSPS) is 23.9. The van der Waals surface area contributed by atoms with Crippen molar-refractivity contribution in [2.24, 2.45) is 5.41 Å². The van der Waals surface area contributed by atoms with Crippen LogP contribution >= 0.6 is 0 Å². The second kappa shape index (κ2) is 10.5. The van der Waals surface area contributed by atoms with Gasteiger partial charge in [-0.05, 0) is 60.5 Å². The van der Waals surface area contributed by atoms with E-state index in [2.05, 4.69) is 63.9 Å². The molecule has 0 saturated carbocycles. The molecule has 3 rings (SSSR count). The summed E-state index contributed by atoms with van der Waals surface area (Å²) in [5, 5.41) is 0. The zero-order valence-electron chi connectivity index (χ0n) is 23.2. The van der Waals surface area contributed by atoms with Gasteiger partial charge in [0.05, 0.1) is 15.3 Å². The highest BCUT2D eigenvalue weighted by Crippen LogP contribution is 2.61. The molecule has 1 heterocycles. The first-order chi connectivity index (χ1) is 15.8. The molecule has 11 heteroatoms. The molecule has 0 radical (unpaired) electrons. The van der Waals surface area contributed by atoms with Gasteiger partial charge in [0.15, 0.2) is 0 Å². The van der Waals surface area contributed by atoms with E-state index in [0.717, 1.165) is 11.1 Å². The van der Waals surface area contributed by atoms with Crippen molar-refractivity contribution >= 4 is 88.2 Å². The maximum absolute atomic E-state index is 9.03. The van der Waals surface area contributed by atoms with Crippen molar-refractivity contribution in [3.8, 4) is 0 Å². The molecule has 1 aliphatic carbocycles. The van der Waals surface area contributed by atoms with E-state index in [1.807, 2.05) is 27.7 Å². The van der Waals surface area contributed by atoms with E-state index < -0.39 is 18.3 Å². The monoisotopic (exact) mass is 587 g/mol. The predicted octanol–water partition coefficient (Wildman–Crippen LogP) is 4.56. The van der Waals surface area contributed by atoms with E-state index in [-0.39, 0.29) is 28.3 Å². The molecule has 0 atom stereocenters. The lowest BCUT2D eigenvalue weighted by Crippen LogP contribution is -2.42. The van der Waals surface area contributed by atoms with E-state index in [0.29, 0.717) is 11.5 Å². The van der Waals surface area contributed by atoms with E-state index >= 15 is 0 Å². The standard InChI is InChI=1S/C21H33BO2.S8/c1-17(2)15-12-11-14(13-16(15)18(3,4)19(17,5)6)22-23-20(7,8)21(9,10)24-22;1-3-5-7-8-6-4-2/h11-13H,1-10H3;/i11D,12D,13D;. The minimum Gasteiger partial charge on any atom is -0.399 e. The van der Waals surface area contributed by atoms with Crippen LogP contribution in [0.25, 0.3) is 0 Å². The van der Waals surface area contributed by atoms with Crippen LogP contribution in [0, 0.1) is 5.41 Å². The molecule has 180 valence electrons. The molecule has 1 aromatic rings. The van der Waals surface area contributed by atoms with Gasteiger partial charge in [-0.3, -0.25) is 0 Å². The van der Waals surface area contributed by atoms with Crippen molar-refractivity contribution in [1.82, 2.24) is 0 Å². The minimum atomic E-state index is -0.799. The number of rotatable bonds is 1. The van der Waals surface area contributed by atoms with Crippen molar-refractivity contribution in [3.05, 3.63) is 29.3 Å². The topological polar surface area (TPSA) is 18.5 Å². The molecule has 2 aliphatic rings. The van der Waals surface area contributed by atoms with Gasteiger partial charge in [-0.2, -0.15) is 0 Å². The molecule has 1 fully saturated rings. The van der Waals surface area contributed by atoms with Gasteiger partial charge in [-0.1, -0.05) is 59.7 Å². The van der Waals surface area contributed by atoms with Crippen LogP contribution in [-0.4, -0.2) is 18.3 Å². The molecule has 0 spiro atoms. The molecule has 0 aromatic heterocycles. The molecule has 1 saturated heterocycles. The number of fused-ring (bicyclic) bond motifs is 1. The quantitative estimate of drug-likeness (QED) is 0.449. The Hall–Kier alpha value is 0.965. The lowest BCUT2D eigenvalue weighted by atomic mass is 9.59. The summed E-state index contributed by atoms with van der Waals surface area (Å²) in [5.74, 6) is 0. The van der Waals surface area contributed by atoms with Crippen LogP contribution in [0.1, 0.15) is 84.5 Å². The lowest BCUT2D eigenvalue weighted by molar-refractivity contribution is 0.00578. The predicted molar refractivity (Wildman–Crippen MR) is 161 cm³/mol. The maximum Gasteiger partial charge on any atom is 0.494 e. The first-order valence-corrected chi connectivity index (χ1v) is 19.4. The summed E-state index contributed by atoms with van der Waals surface area (Å²) in [6.07, 6.45) is 0. The van der Waals surface area contributed by atoms with Gasteiger partial charge in [-0.25, -0.2) is 0 Å². The van der Waals surface area contributed by atoms with E-state index in [4.69, 9.17) is 13.4 Å². The Balaban J connectivity index is 0.000000466. The maximum atomic E-state index is 9.03. The fourth-order valence-electron chi connectivity index (χ4n) is 3.89. The van der Waals surface area contributed by atoms with Crippen molar-refractivity contribution < 1.29 is 13.4 Å². The molecule has 0 unspecified atom stereocenters. The Bertz CT molecular complexity index is 1240. The SMILES string of the molecule is S=S=S=S=S=S=S=S.[2H]c1c([2H])c2c(c([2H])c1B1OC(C)(C)C(C)(C)O1)C(C)(C)C(C)(C)C2(C)C. The Morgan fingerprint density at radius 3 is 1.59 bits per heavy atom. The van der Waals surface area contributed by atoms with Crippen molar-refractivity contribution in [1.29, 1.82) is 0 Å². The third kappa shape index (κ3) is 5.37. The zero-order valence-corrected chi connectivity index (χ0v) is 26.7. The molecule has 1 aromatic carbocycles. The third-order valence-corrected chi connectivity index (χ3v) is 18.9. The minimum absolute atomic E-state index is 0.0545. The van der Waals surface area contributed by atoms with Crippen LogP contribution in [0.4, 0.5) is 0 Å². The Morgan fingerprint density at radius 2 is 1.16 bits per heavy atom. The highest BCUT2D eigenvalue weighted by molar-refractivity contribution is 8.70. The van der Waals surface area contributed by atoms with Crippen LogP contribution in [0.15, 0.2) is 18.1 Å². The summed E-state index contributed by atoms with van der Waals surface area (Å²) in [6, 6.07) is 0.557. The van der Waals surface area contributed by atoms with Crippen LogP contribution in [-0.2, 0) is 95.8 Å². The zero-order chi connectivity index (χ0) is 27.2. The van der Waals surface area contributed by atoms with Crippen molar-refractivity contribution in [2.45, 2.75) is 91.3 Å². The first kappa shape index (κ1) is 24.7. The molecular weight excluding hydrogens is 552 g/mol. The van der Waals surface area contributed by atoms with Gasteiger partial charge in [0.1, 0.15) is 0 Å². The fraction of sp³-hybridized carbons (Fsp3) is 0.714. The summed E-state index contributed by atoms with van der Waals surface area (Å²) in [5.41, 5.74) is 0.176. The van der Waals surface area contributed by atoms with Gasteiger partial charge in [0, 0.05) is 75.7 Å². The van der Waals surface area contributed by atoms with Gasteiger partial charge >= 0.3 is 7.12 Å². The summed E-state index contributed by atoms with van der Waals surface area (Å²) in [4.78, 5) is 0. The molecule has 2 nitrogen and oxygen atoms in total. The highest BCUT2D eigenvalue weighted by Gasteiger charge is 2.57. The summed E-state index contributed by atoms with van der Waals surface area (Å²) in [7, 11) is 8.32. The van der Waals surface area contributed by atoms with Gasteiger partial charge in [-0.15, -0.1) is 0 Å². The summed E-state index contributed by atoms with van der Waals surface area (Å²) in [6.45, 7) is 20.8. The fourth-order valence-corrected chi connectivity index (χ4v) is 14.9. The average Bonchev–Trinajstić information content (AvgIpc) is 3.00. The van der Waals surface area contributed by atoms with Gasteiger partial charge in [0.2, 0.25) is 0 Å². The van der Waals surface area contributed by atoms with Gasteiger partial charge in [0.25, 0.3) is 0 Å². The van der Waals surface area contributed by atoms with Crippen LogP contribution in [0.5, 0.6) is 0 Å². The van der Waals surface area contributed by atoms with E-state index in [9.17, 15) is 0 Å². The second-order valence-corrected chi connectivity index (χ2v) is 21.0. The van der Waals surface area contributed by atoms with Crippen LogP contribution in [0.3, 0.4) is 0 Å². The smallest absolute Gasteiger partial charge is 0.399 e. The molecule has 0 bridgehead atoms. The average molecular weight is 588 g/mol. The molecule has 0 N–H and O–H groups in total. The number of hydrogen-bond donors (Lipinski definition) is 0. The van der Waals surface area contributed by atoms with Gasteiger partial charge < -0.3 is 9.31 Å². The Kier molecular flexibility index (Phi) is 8.11. The number of hydrogen-bond acceptors (Lipinski definition) is 4. The first-order valence-electron chi connectivity index (χ1n) is 11.6. The van der Waals surface area contributed by atoms with E-state index in [1.54, 1.807) is 35.5 Å². The van der Waals surface area contributed by atoms with E-state index in [1.165, 1.54) is 17.8 Å². The van der Waals surface area contributed by atoms with Crippen LogP contribution in [0.2, 0.25) is 0 Å². The summed E-state index contributed by atoms with van der Waals surface area (Å²) >= 11 is 9.21. The summed E-state index contributed by atoms with van der Waals surface area (Å²) < 4.78 is 38.8. The second-order valence-electron chi connectivity index (χ2n) is 10.4. The third-order valence-electron chi connectivity index (χ3n) is 7.83. The Labute approximate surface area is 225 Å². The molecule has 1 aliphatic heterocycles. The van der Waals surface area contributed by atoms with Crippen LogP contribution < -0.4 is 5.46 Å². The largest absolute Gasteiger partial charge is 0.494 e. The lowest BCUT2D eigenvalue weighted by Gasteiger charge is -2.44. The highest BCUT2D eigenvalue weighted by atomic mass is 33.4. The molecular formula is C21H33BO2S8. The van der Waals surface area contributed by atoms with Crippen molar-refractivity contribution in [3.63, 3.8) is 0 Å². The molecule has 0 amide bonds.